The summed E-state index contributed by atoms with van der Waals surface area (Å²) < 4.78 is -1.90. The van der Waals surface area contributed by atoms with E-state index in [1.807, 2.05) is 6.92 Å². The topological polar surface area (TPSA) is 83.6 Å². The van der Waals surface area contributed by atoms with E-state index in [-0.39, 0.29) is 30.7 Å². The molecule has 1 aliphatic heterocycles. The number of aliphatic hydroxyl groups excluding tert-OH is 1. The van der Waals surface area contributed by atoms with E-state index in [1.165, 1.54) is 4.90 Å². The molecule has 0 saturated carbocycles. The van der Waals surface area contributed by atoms with Gasteiger partial charge in [-0.05, 0) is 5.92 Å². The molecule has 0 aromatic carbocycles. The highest BCUT2D eigenvalue weighted by molar-refractivity contribution is 6.68. The predicted molar refractivity (Wildman–Crippen MR) is 69.3 cm³/mol. The van der Waals surface area contributed by atoms with Gasteiger partial charge in [0.15, 0.2) is 0 Å². The third kappa shape index (κ3) is 3.88. The maximum absolute atomic E-state index is 11.9. The minimum absolute atomic E-state index is 0.00338. The molecule has 2 amide bonds. The highest BCUT2D eigenvalue weighted by Crippen LogP contribution is 2.32. The van der Waals surface area contributed by atoms with Crippen LogP contribution in [0.4, 0.5) is 0 Å². The van der Waals surface area contributed by atoms with E-state index < -0.39 is 15.8 Å². The van der Waals surface area contributed by atoms with Gasteiger partial charge in [-0.15, -0.1) is 0 Å². The normalized spacial score (nSPS) is 26.2. The van der Waals surface area contributed by atoms with E-state index in [0.717, 1.165) is 0 Å². The molecule has 0 bridgehead atoms. The van der Waals surface area contributed by atoms with Crippen LogP contribution in [0.3, 0.4) is 0 Å². The van der Waals surface area contributed by atoms with Crippen molar-refractivity contribution in [1.82, 2.24) is 4.90 Å². The largest absolute Gasteiger partial charge is 0.388 e. The van der Waals surface area contributed by atoms with Gasteiger partial charge in [-0.1, -0.05) is 41.7 Å². The molecule has 0 aromatic heterocycles. The molecular formula is C10H15Cl3N2O3. The molecule has 0 radical (unpaired) electrons. The third-order valence-electron chi connectivity index (χ3n) is 3.08. The zero-order valence-corrected chi connectivity index (χ0v) is 12.0. The molecule has 5 nitrogen and oxygen atoms in total. The van der Waals surface area contributed by atoms with Crippen molar-refractivity contribution in [1.29, 1.82) is 0 Å². The molecule has 0 aromatic rings. The quantitative estimate of drug-likeness (QED) is 0.751. The van der Waals surface area contributed by atoms with Gasteiger partial charge < -0.3 is 15.7 Å². The van der Waals surface area contributed by atoms with Crippen LogP contribution in [0.1, 0.15) is 13.3 Å². The van der Waals surface area contributed by atoms with Gasteiger partial charge in [0.05, 0.1) is 12.3 Å². The molecule has 1 fully saturated rings. The number of nitrogens with zero attached hydrogens (tertiary/aromatic N) is 1. The number of halogens is 3. The standard InChI is InChI=1S/C10H15Cl3N2O3/c1-5-3-15(4-6(5)9(14)18)8(17)2-7(16)10(11,12)13/h5-7,16H,2-4H2,1H3,(H2,14,18)/t5-,6-,7+/m1/s1. The minimum Gasteiger partial charge on any atom is -0.388 e. The van der Waals surface area contributed by atoms with Gasteiger partial charge in [0.2, 0.25) is 15.6 Å². The van der Waals surface area contributed by atoms with Crippen LogP contribution < -0.4 is 5.73 Å². The summed E-state index contributed by atoms with van der Waals surface area (Å²) in [6, 6.07) is 0. The molecule has 1 aliphatic rings. The second kappa shape index (κ2) is 5.82. The van der Waals surface area contributed by atoms with Crippen LogP contribution in [0, 0.1) is 11.8 Å². The molecule has 8 heteroatoms. The molecule has 18 heavy (non-hydrogen) atoms. The average Bonchev–Trinajstić information content (AvgIpc) is 2.58. The van der Waals surface area contributed by atoms with E-state index in [1.54, 1.807) is 0 Å². The van der Waals surface area contributed by atoms with Crippen LogP contribution in [-0.2, 0) is 9.59 Å². The molecular weight excluding hydrogens is 302 g/mol. The Labute approximate surface area is 120 Å². The Morgan fingerprint density at radius 1 is 1.44 bits per heavy atom. The number of nitrogens with two attached hydrogens (primary N) is 1. The molecule has 1 heterocycles. The molecule has 1 saturated heterocycles. The number of carbonyl (C=O) groups is 2. The van der Waals surface area contributed by atoms with Gasteiger partial charge in [-0.3, -0.25) is 9.59 Å². The first-order chi connectivity index (χ1) is 8.12. The summed E-state index contributed by atoms with van der Waals surface area (Å²) in [6.45, 7) is 2.51. The number of carbonyl (C=O) groups excluding carboxylic acids is 2. The van der Waals surface area contributed by atoms with Gasteiger partial charge in [0.1, 0.15) is 6.10 Å². The maximum Gasteiger partial charge on any atom is 0.225 e. The average molecular weight is 318 g/mol. The SMILES string of the molecule is C[C@@H]1CN(C(=O)C[C@H](O)C(Cl)(Cl)Cl)C[C@H]1C(N)=O. The van der Waals surface area contributed by atoms with Crippen molar-refractivity contribution in [2.24, 2.45) is 17.6 Å². The van der Waals surface area contributed by atoms with E-state index >= 15 is 0 Å². The van der Waals surface area contributed by atoms with Crippen LogP contribution in [0.2, 0.25) is 0 Å². The highest BCUT2D eigenvalue weighted by atomic mass is 35.6. The van der Waals surface area contributed by atoms with E-state index in [2.05, 4.69) is 0 Å². The lowest BCUT2D eigenvalue weighted by atomic mass is 9.98. The lowest BCUT2D eigenvalue weighted by Gasteiger charge is -2.22. The molecule has 3 atom stereocenters. The molecule has 3 N–H and O–H groups in total. The molecule has 0 unspecified atom stereocenters. The van der Waals surface area contributed by atoms with E-state index in [0.29, 0.717) is 6.54 Å². The fourth-order valence-corrected chi connectivity index (χ4v) is 2.18. The van der Waals surface area contributed by atoms with Crippen molar-refractivity contribution in [3.63, 3.8) is 0 Å². The van der Waals surface area contributed by atoms with Gasteiger partial charge in [0.25, 0.3) is 0 Å². The molecule has 104 valence electrons. The number of hydrogen-bond donors (Lipinski definition) is 2. The second-order valence-corrected chi connectivity index (χ2v) is 6.92. The summed E-state index contributed by atoms with van der Waals surface area (Å²) in [6.07, 6.45) is -1.67. The monoisotopic (exact) mass is 316 g/mol. The summed E-state index contributed by atoms with van der Waals surface area (Å²) in [5.41, 5.74) is 5.23. The van der Waals surface area contributed by atoms with Gasteiger partial charge >= 0.3 is 0 Å². The van der Waals surface area contributed by atoms with Gasteiger partial charge in [-0.2, -0.15) is 0 Å². The van der Waals surface area contributed by atoms with Gasteiger partial charge in [0, 0.05) is 13.1 Å². The van der Waals surface area contributed by atoms with Crippen LogP contribution in [-0.4, -0.2) is 44.8 Å². The van der Waals surface area contributed by atoms with Crippen molar-refractivity contribution in [2.75, 3.05) is 13.1 Å². The first-order valence-electron chi connectivity index (χ1n) is 5.44. The van der Waals surface area contributed by atoms with Crippen LogP contribution in [0.5, 0.6) is 0 Å². The van der Waals surface area contributed by atoms with Crippen molar-refractivity contribution in [3.8, 4) is 0 Å². The zero-order valence-electron chi connectivity index (χ0n) is 9.78. The fraction of sp³-hybridized carbons (Fsp3) is 0.800. The Balaban J connectivity index is 2.57. The first kappa shape index (κ1) is 15.8. The minimum atomic E-state index is -1.90. The Morgan fingerprint density at radius 3 is 2.39 bits per heavy atom. The number of alkyl halides is 3. The number of amides is 2. The smallest absolute Gasteiger partial charge is 0.225 e. The summed E-state index contributed by atoms with van der Waals surface area (Å²) in [5, 5.41) is 9.52. The number of hydrogen-bond acceptors (Lipinski definition) is 3. The highest BCUT2D eigenvalue weighted by Gasteiger charge is 2.38. The maximum atomic E-state index is 11.9. The molecule has 1 rings (SSSR count). The summed E-state index contributed by atoms with van der Waals surface area (Å²) in [7, 11) is 0. The number of likely N-dealkylation sites (tertiary alicyclic amines) is 1. The van der Waals surface area contributed by atoms with E-state index in [4.69, 9.17) is 40.5 Å². The Morgan fingerprint density at radius 2 is 2.00 bits per heavy atom. The van der Waals surface area contributed by atoms with Crippen molar-refractivity contribution in [3.05, 3.63) is 0 Å². The Hall–Kier alpha value is -0.230. The lowest BCUT2D eigenvalue weighted by molar-refractivity contribution is -0.132. The first-order valence-corrected chi connectivity index (χ1v) is 6.58. The fourth-order valence-electron chi connectivity index (χ4n) is 1.95. The Kier molecular flexibility index (Phi) is 5.12. The molecule has 0 spiro atoms. The molecule has 0 aliphatic carbocycles. The van der Waals surface area contributed by atoms with Crippen LogP contribution >= 0.6 is 34.8 Å². The Bertz CT molecular complexity index is 346. The van der Waals surface area contributed by atoms with Crippen molar-refractivity contribution in [2.45, 2.75) is 23.2 Å². The number of rotatable bonds is 3. The lowest BCUT2D eigenvalue weighted by Crippen LogP contribution is -2.36. The van der Waals surface area contributed by atoms with Gasteiger partial charge in [-0.25, -0.2) is 0 Å². The zero-order chi connectivity index (χ0) is 14.1. The van der Waals surface area contributed by atoms with Crippen molar-refractivity contribution >= 4 is 46.6 Å². The summed E-state index contributed by atoms with van der Waals surface area (Å²) >= 11 is 16.4. The summed E-state index contributed by atoms with van der Waals surface area (Å²) in [5.74, 6) is -1.15. The van der Waals surface area contributed by atoms with Crippen molar-refractivity contribution < 1.29 is 14.7 Å². The number of aliphatic hydroxyl groups is 1. The van der Waals surface area contributed by atoms with Crippen LogP contribution in [0.25, 0.3) is 0 Å². The van der Waals surface area contributed by atoms with E-state index in [9.17, 15) is 14.7 Å². The second-order valence-electron chi connectivity index (χ2n) is 4.55. The third-order valence-corrected chi connectivity index (χ3v) is 3.83. The number of primary amides is 1. The van der Waals surface area contributed by atoms with Crippen LogP contribution in [0.15, 0.2) is 0 Å². The summed E-state index contributed by atoms with van der Waals surface area (Å²) in [4.78, 5) is 24.4. The predicted octanol–water partition coefficient (Wildman–Crippen LogP) is 0.687.